The second-order valence-electron chi connectivity index (χ2n) is 5.91. The number of pyridine rings is 1. The molecular formula is C19H19N3O4S. The van der Waals surface area contributed by atoms with Gasteiger partial charge in [-0.1, -0.05) is 30.3 Å². The van der Waals surface area contributed by atoms with Crippen molar-refractivity contribution < 1.29 is 17.9 Å². The number of sulfonamides is 1. The number of para-hydroxylation sites is 1. The van der Waals surface area contributed by atoms with Crippen molar-refractivity contribution in [2.24, 2.45) is 5.14 Å². The lowest BCUT2D eigenvalue weighted by atomic mass is 10.1. The maximum Gasteiger partial charge on any atom is 0.257 e. The molecule has 0 aliphatic heterocycles. The summed E-state index contributed by atoms with van der Waals surface area (Å²) in [6.45, 7) is 0.296. The summed E-state index contributed by atoms with van der Waals surface area (Å²) in [5.41, 5.74) is 1.60. The Kier molecular flexibility index (Phi) is 5.68. The van der Waals surface area contributed by atoms with E-state index < -0.39 is 10.0 Å². The zero-order valence-corrected chi connectivity index (χ0v) is 15.3. The molecule has 0 bridgehead atoms. The molecule has 7 nitrogen and oxygen atoms in total. The Morgan fingerprint density at radius 1 is 1.07 bits per heavy atom. The Balaban J connectivity index is 1.48. The Hall–Kier alpha value is -2.97. The van der Waals surface area contributed by atoms with Crippen LogP contribution >= 0.6 is 0 Å². The molecule has 27 heavy (non-hydrogen) atoms. The number of fused-ring (bicyclic) bond motifs is 1. The van der Waals surface area contributed by atoms with E-state index in [4.69, 9.17) is 9.88 Å². The number of amides is 1. The van der Waals surface area contributed by atoms with Crippen LogP contribution in [0.1, 0.15) is 5.56 Å². The van der Waals surface area contributed by atoms with E-state index in [0.717, 1.165) is 10.9 Å². The highest BCUT2D eigenvalue weighted by molar-refractivity contribution is 7.89. The average molecular weight is 385 g/mol. The highest BCUT2D eigenvalue weighted by Gasteiger charge is 2.08. The molecule has 1 amide bonds. The van der Waals surface area contributed by atoms with E-state index in [-0.39, 0.29) is 17.4 Å². The van der Waals surface area contributed by atoms with Crippen molar-refractivity contribution in [3.63, 3.8) is 0 Å². The van der Waals surface area contributed by atoms with E-state index in [9.17, 15) is 13.2 Å². The van der Waals surface area contributed by atoms with Gasteiger partial charge in [0.15, 0.2) is 6.61 Å². The number of benzene rings is 2. The summed E-state index contributed by atoms with van der Waals surface area (Å²) in [6.07, 6.45) is 2.24. The molecule has 0 unspecified atom stereocenters. The first-order valence-electron chi connectivity index (χ1n) is 8.28. The van der Waals surface area contributed by atoms with Gasteiger partial charge in [-0.25, -0.2) is 13.6 Å². The molecule has 3 N–H and O–H groups in total. The van der Waals surface area contributed by atoms with Gasteiger partial charge in [0.1, 0.15) is 11.3 Å². The van der Waals surface area contributed by atoms with E-state index >= 15 is 0 Å². The fraction of sp³-hybridized carbons (Fsp3) is 0.158. The topological polar surface area (TPSA) is 111 Å². The third-order valence-corrected chi connectivity index (χ3v) is 4.87. The van der Waals surface area contributed by atoms with Crippen LogP contribution in [-0.2, 0) is 21.2 Å². The summed E-state index contributed by atoms with van der Waals surface area (Å²) in [6, 6.07) is 15.6. The molecule has 0 radical (unpaired) electrons. The van der Waals surface area contributed by atoms with Crippen LogP contribution in [0, 0.1) is 0 Å². The van der Waals surface area contributed by atoms with Crippen LogP contribution in [0.15, 0.2) is 65.7 Å². The molecule has 1 heterocycles. The fourth-order valence-corrected chi connectivity index (χ4v) is 3.09. The highest BCUT2D eigenvalue weighted by Crippen LogP contribution is 2.22. The first kappa shape index (κ1) is 18.8. The Labute approximate surface area is 157 Å². The maximum absolute atomic E-state index is 12.0. The molecular weight excluding hydrogens is 366 g/mol. The molecule has 8 heteroatoms. The van der Waals surface area contributed by atoms with Crippen LogP contribution in [-0.4, -0.2) is 32.5 Å². The molecule has 0 spiro atoms. The number of primary sulfonamides is 1. The summed E-state index contributed by atoms with van der Waals surface area (Å²) >= 11 is 0. The fourth-order valence-electron chi connectivity index (χ4n) is 2.58. The van der Waals surface area contributed by atoms with Crippen LogP contribution in [0.2, 0.25) is 0 Å². The Bertz CT molecular complexity index is 1040. The zero-order valence-electron chi connectivity index (χ0n) is 14.5. The van der Waals surface area contributed by atoms with Crippen molar-refractivity contribution in [1.29, 1.82) is 0 Å². The molecule has 0 fully saturated rings. The van der Waals surface area contributed by atoms with Gasteiger partial charge in [0, 0.05) is 18.1 Å². The monoisotopic (exact) mass is 385 g/mol. The van der Waals surface area contributed by atoms with Gasteiger partial charge in [-0.3, -0.25) is 9.78 Å². The number of rotatable bonds is 7. The number of nitrogens with zero attached hydrogens (tertiary/aromatic N) is 1. The number of hydrogen-bond acceptors (Lipinski definition) is 5. The first-order chi connectivity index (χ1) is 12.9. The summed E-state index contributed by atoms with van der Waals surface area (Å²) in [7, 11) is -3.69. The normalized spacial score (nSPS) is 11.3. The number of nitrogens with one attached hydrogen (secondary N) is 1. The minimum atomic E-state index is -3.69. The van der Waals surface area contributed by atoms with Crippen LogP contribution in [0.25, 0.3) is 10.9 Å². The largest absolute Gasteiger partial charge is 0.481 e. The molecule has 0 aliphatic carbocycles. The van der Waals surface area contributed by atoms with Crippen LogP contribution in [0.4, 0.5) is 0 Å². The van der Waals surface area contributed by atoms with Gasteiger partial charge in [0.2, 0.25) is 10.0 Å². The Morgan fingerprint density at radius 3 is 2.56 bits per heavy atom. The highest BCUT2D eigenvalue weighted by atomic mass is 32.2. The van der Waals surface area contributed by atoms with E-state index in [2.05, 4.69) is 10.3 Å². The van der Waals surface area contributed by atoms with Gasteiger partial charge in [0.25, 0.3) is 5.91 Å². The van der Waals surface area contributed by atoms with Crippen molar-refractivity contribution >= 4 is 26.8 Å². The first-order valence-corrected chi connectivity index (χ1v) is 9.83. The Morgan fingerprint density at radius 2 is 1.81 bits per heavy atom. The summed E-state index contributed by atoms with van der Waals surface area (Å²) in [5.74, 6) is 0.311. The second-order valence-corrected chi connectivity index (χ2v) is 7.47. The van der Waals surface area contributed by atoms with Crippen LogP contribution in [0.3, 0.4) is 0 Å². The lowest BCUT2D eigenvalue weighted by molar-refractivity contribution is -0.123. The molecule has 1 aromatic heterocycles. The summed E-state index contributed by atoms with van der Waals surface area (Å²) in [5, 5.41) is 8.77. The van der Waals surface area contributed by atoms with Gasteiger partial charge in [-0.15, -0.1) is 0 Å². The molecule has 0 saturated carbocycles. The van der Waals surface area contributed by atoms with Gasteiger partial charge < -0.3 is 10.1 Å². The zero-order chi connectivity index (χ0) is 19.3. The summed E-state index contributed by atoms with van der Waals surface area (Å²) < 4.78 is 28.0. The van der Waals surface area contributed by atoms with Crippen molar-refractivity contribution in [1.82, 2.24) is 10.3 Å². The minimum Gasteiger partial charge on any atom is -0.481 e. The van der Waals surface area contributed by atoms with Crippen LogP contribution in [0.5, 0.6) is 5.75 Å². The van der Waals surface area contributed by atoms with Crippen molar-refractivity contribution in [2.45, 2.75) is 11.3 Å². The van der Waals surface area contributed by atoms with Gasteiger partial charge >= 0.3 is 0 Å². The number of carbonyl (C=O) groups is 1. The van der Waals surface area contributed by atoms with Gasteiger partial charge in [0.05, 0.1) is 4.90 Å². The number of aromatic nitrogens is 1. The quantitative estimate of drug-likeness (QED) is 0.642. The smallest absolute Gasteiger partial charge is 0.257 e. The maximum atomic E-state index is 12.0. The van der Waals surface area contributed by atoms with Crippen LogP contribution < -0.4 is 15.2 Å². The molecule has 0 aliphatic rings. The SMILES string of the molecule is NS(=O)(=O)c1ccc(CCNC(=O)COc2cccc3cccnc23)cc1. The lowest BCUT2D eigenvalue weighted by Crippen LogP contribution is -2.30. The van der Waals surface area contributed by atoms with E-state index in [1.165, 1.54) is 12.1 Å². The standard InChI is InChI=1S/C19H19N3O4S/c20-27(24,25)16-8-6-14(7-9-16)10-12-21-18(23)13-26-17-5-1-3-15-4-2-11-22-19(15)17/h1-9,11H,10,12-13H2,(H,21,23)(H2,20,24,25). The van der Waals surface area contributed by atoms with Gasteiger partial charge in [-0.2, -0.15) is 0 Å². The molecule has 0 saturated heterocycles. The van der Waals surface area contributed by atoms with E-state index in [0.29, 0.717) is 24.2 Å². The third kappa shape index (κ3) is 5.02. The van der Waals surface area contributed by atoms with Crippen molar-refractivity contribution in [3.05, 3.63) is 66.4 Å². The van der Waals surface area contributed by atoms with E-state index in [1.807, 2.05) is 24.3 Å². The predicted octanol–water partition coefficient (Wildman–Crippen LogP) is 1.62. The second kappa shape index (κ2) is 8.15. The molecule has 3 rings (SSSR count). The number of ether oxygens (including phenoxy) is 1. The van der Waals surface area contributed by atoms with Crippen molar-refractivity contribution in [2.75, 3.05) is 13.2 Å². The number of hydrogen-bond donors (Lipinski definition) is 2. The van der Waals surface area contributed by atoms with Gasteiger partial charge in [-0.05, 0) is 36.2 Å². The average Bonchev–Trinajstić information content (AvgIpc) is 2.66. The minimum absolute atomic E-state index is 0.0624. The third-order valence-electron chi connectivity index (χ3n) is 3.94. The molecule has 2 aromatic carbocycles. The lowest BCUT2D eigenvalue weighted by Gasteiger charge is -2.09. The van der Waals surface area contributed by atoms with Crippen molar-refractivity contribution in [3.8, 4) is 5.75 Å². The predicted molar refractivity (Wildman–Crippen MR) is 102 cm³/mol. The van der Waals surface area contributed by atoms with E-state index in [1.54, 1.807) is 24.4 Å². The number of carbonyl (C=O) groups excluding carboxylic acids is 1. The molecule has 0 atom stereocenters. The molecule has 3 aromatic rings. The summed E-state index contributed by atoms with van der Waals surface area (Å²) in [4.78, 5) is 16.3. The molecule has 140 valence electrons. The number of nitrogens with two attached hydrogens (primary N) is 1.